The van der Waals surface area contributed by atoms with Crippen molar-refractivity contribution < 1.29 is 9.50 Å². The highest BCUT2D eigenvalue weighted by molar-refractivity contribution is 14.0. The van der Waals surface area contributed by atoms with Crippen LogP contribution in [-0.2, 0) is 13.2 Å². The van der Waals surface area contributed by atoms with E-state index in [2.05, 4.69) is 29.1 Å². The van der Waals surface area contributed by atoms with Crippen LogP contribution in [0.5, 0.6) is 0 Å². The monoisotopic (exact) mass is 435 g/mol. The molecule has 1 aliphatic heterocycles. The second kappa shape index (κ2) is 10.1. The van der Waals surface area contributed by atoms with E-state index in [-0.39, 0.29) is 36.4 Å². The number of aliphatic hydroxyl groups is 1. The third-order valence-electron chi connectivity index (χ3n) is 4.11. The molecule has 130 valence electrons. The molecule has 6 heteroatoms. The molecule has 0 aliphatic carbocycles. The van der Waals surface area contributed by atoms with Gasteiger partial charge in [0.1, 0.15) is 5.82 Å². The molecule has 0 aromatic heterocycles. The highest BCUT2D eigenvalue weighted by Gasteiger charge is 2.18. The maximum atomic E-state index is 13.4. The molecule has 0 atom stereocenters. The quantitative estimate of drug-likeness (QED) is 0.434. The molecular formula is C17H27FIN3O. The van der Waals surface area contributed by atoms with Gasteiger partial charge in [0.15, 0.2) is 5.96 Å². The first-order valence-electron chi connectivity index (χ1n) is 8.05. The van der Waals surface area contributed by atoms with E-state index < -0.39 is 0 Å². The van der Waals surface area contributed by atoms with Crippen LogP contribution in [0, 0.1) is 11.7 Å². The fourth-order valence-electron chi connectivity index (χ4n) is 2.66. The number of benzene rings is 1. The van der Waals surface area contributed by atoms with Gasteiger partial charge in [0, 0.05) is 25.2 Å². The van der Waals surface area contributed by atoms with E-state index >= 15 is 0 Å². The zero-order chi connectivity index (χ0) is 15.9. The van der Waals surface area contributed by atoms with Gasteiger partial charge in [-0.3, -0.25) is 0 Å². The predicted octanol–water partition coefficient (Wildman–Crippen LogP) is 3.13. The van der Waals surface area contributed by atoms with E-state index in [0.717, 1.165) is 37.1 Å². The van der Waals surface area contributed by atoms with E-state index in [9.17, 15) is 4.39 Å². The number of hydrogen-bond acceptors (Lipinski definition) is 2. The summed E-state index contributed by atoms with van der Waals surface area (Å²) in [6.07, 6.45) is 2.38. The first-order valence-corrected chi connectivity index (χ1v) is 8.05. The third kappa shape index (κ3) is 5.91. The average molecular weight is 435 g/mol. The van der Waals surface area contributed by atoms with E-state index in [0.29, 0.717) is 12.1 Å². The number of piperidine rings is 1. The zero-order valence-corrected chi connectivity index (χ0v) is 16.2. The summed E-state index contributed by atoms with van der Waals surface area (Å²) in [4.78, 5) is 6.96. The van der Waals surface area contributed by atoms with Gasteiger partial charge in [0.2, 0.25) is 0 Å². The summed E-state index contributed by atoms with van der Waals surface area (Å²) >= 11 is 0. The number of hydrogen-bond donors (Lipinski definition) is 2. The summed E-state index contributed by atoms with van der Waals surface area (Å²) in [6.45, 7) is 7.43. The Morgan fingerprint density at radius 2 is 2.09 bits per heavy atom. The molecule has 1 saturated heterocycles. The summed E-state index contributed by atoms with van der Waals surface area (Å²) in [5.74, 6) is 1.33. The second-order valence-corrected chi connectivity index (χ2v) is 5.92. The molecule has 1 heterocycles. The predicted molar refractivity (Wildman–Crippen MR) is 103 cm³/mol. The fraction of sp³-hybridized carbons (Fsp3) is 0.588. The number of nitrogens with one attached hydrogen (secondary N) is 1. The molecule has 0 saturated carbocycles. The van der Waals surface area contributed by atoms with Gasteiger partial charge >= 0.3 is 0 Å². The number of aliphatic imine (C=N–C) groups is 1. The molecular weight excluding hydrogens is 408 g/mol. The lowest BCUT2D eigenvalue weighted by Gasteiger charge is -2.33. The van der Waals surface area contributed by atoms with Crippen molar-refractivity contribution in [3.05, 3.63) is 35.1 Å². The fourth-order valence-corrected chi connectivity index (χ4v) is 2.66. The lowest BCUT2D eigenvalue weighted by molar-refractivity contribution is 0.273. The SMILES string of the molecule is CCNC(=NCc1ccc(F)c(CO)c1)N1CCC(C)CC1.I. The van der Waals surface area contributed by atoms with E-state index in [1.807, 2.05) is 0 Å². The minimum Gasteiger partial charge on any atom is -0.392 e. The molecule has 0 amide bonds. The van der Waals surface area contributed by atoms with Crippen molar-refractivity contribution in [2.75, 3.05) is 19.6 Å². The van der Waals surface area contributed by atoms with Crippen molar-refractivity contribution in [3.8, 4) is 0 Å². The molecule has 2 rings (SSSR count). The van der Waals surface area contributed by atoms with Crippen LogP contribution in [0.25, 0.3) is 0 Å². The number of guanidine groups is 1. The largest absolute Gasteiger partial charge is 0.392 e. The van der Waals surface area contributed by atoms with Crippen LogP contribution in [0.4, 0.5) is 4.39 Å². The molecule has 1 fully saturated rings. The van der Waals surface area contributed by atoms with Crippen molar-refractivity contribution >= 4 is 29.9 Å². The van der Waals surface area contributed by atoms with Crippen LogP contribution in [0.2, 0.25) is 0 Å². The summed E-state index contributed by atoms with van der Waals surface area (Å²) < 4.78 is 13.4. The molecule has 0 radical (unpaired) electrons. The van der Waals surface area contributed by atoms with Crippen molar-refractivity contribution in [2.24, 2.45) is 10.9 Å². The normalized spacial score (nSPS) is 16.2. The topological polar surface area (TPSA) is 47.9 Å². The zero-order valence-electron chi connectivity index (χ0n) is 13.9. The highest BCUT2D eigenvalue weighted by atomic mass is 127. The molecule has 0 unspecified atom stereocenters. The molecule has 4 nitrogen and oxygen atoms in total. The molecule has 1 aromatic rings. The van der Waals surface area contributed by atoms with Gasteiger partial charge in [-0.25, -0.2) is 9.38 Å². The van der Waals surface area contributed by atoms with E-state index in [1.54, 1.807) is 12.1 Å². The number of likely N-dealkylation sites (tertiary alicyclic amines) is 1. The van der Waals surface area contributed by atoms with E-state index in [1.165, 1.54) is 18.9 Å². The lowest BCUT2D eigenvalue weighted by Crippen LogP contribution is -2.45. The van der Waals surface area contributed by atoms with Gasteiger partial charge in [0.05, 0.1) is 13.2 Å². The van der Waals surface area contributed by atoms with Crippen LogP contribution in [0.1, 0.15) is 37.8 Å². The standard InChI is InChI=1S/C17H26FN3O.HI/c1-3-19-17(21-8-6-13(2)7-9-21)20-11-14-4-5-16(18)15(10-14)12-22;/h4-5,10,13,22H,3,6-9,11-12H2,1-2H3,(H,19,20);1H. The van der Waals surface area contributed by atoms with Crippen LogP contribution in [-0.4, -0.2) is 35.6 Å². The van der Waals surface area contributed by atoms with Crippen LogP contribution >= 0.6 is 24.0 Å². The summed E-state index contributed by atoms with van der Waals surface area (Å²) in [5.41, 5.74) is 1.23. The minimum atomic E-state index is -0.368. The van der Waals surface area contributed by atoms with Gasteiger partial charge in [-0.15, -0.1) is 24.0 Å². The van der Waals surface area contributed by atoms with Gasteiger partial charge in [-0.2, -0.15) is 0 Å². The van der Waals surface area contributed by atoms with Gasteiger partial charge in [0.25, 0.3) is 0 Å². The maximum Gasteiger partial charge on any atom is 0.194 e. The third-order valence-corrected chi connectivity index (χ3v) is 4.11. The van der Waals surface area contributed by atoms with Crippen LogP contribution in [0.3, 0.4) is 0 Å². The van der Waals surface area contributed by atoms with Gasteiger partial charge < -0.3 is 15.3 Å². The first kappa shape index (κ1) is 20.2. The van der Waals surface area contributed by atoms with Gasteiger partial charge in [-0.05, 0) is 43.4 Å². The first-order chi connectivity index (χ1) is 10.6. The number of rotatable bonds is 4. The Bertz CT molecular complexity index is 517. The number of aliphatic hydroxyl groups excluding tert-OH is 1. The van der Waals surface area contributed by atoms with Crippen molar-refractivity contribution in [1.29, 1.82) is 0 Å². The van der Waals surface area contributed by atoms with Gasteiger partial charge in [-0.1, -0.05) is 13.0 Å². The second-order valence-electron chi connectivity index (χ2n) is 5.92. The molecule has 0 bridgehead atoms. The highest BCUT2D eigenvalue weighted by Crippen LogP contribution is 2.16. The lowest BCUT2D eigenvalue weighted by atomic mass is 10.00. The minimum absolute atomic E-state index is 0. The molecule has 23 heavy (non-hydrogen) atoms. The average Bonchev–Trinajstić information content (AvgIpc) is 2.53. The molecule has 1 aliphatic rings. The number of halogens is 2. The van der Waals surface area contributed by atoms with Crippen LogP contribution in [0.15, 0.2) is 23.2 Å². The maximum absolute atomic E-state index is 13.4. The Morgan fingerprint density at radius 3 is 2.70 bits per heavy atom. The van der Waals surface area contributed by atoms with Crippen molar-refractivity contribution in [3.63, 3.8) is 0 Å². The Balaban J connectivity index is 0.00000264. The van der Waals surface area contributed by atoms with Crippen molar-refractivity contribution in [2.45, 2.75) is 39.8 Å². The summed E-state index contributed by atoms with van der Waals surface area (Å²) in [7, 11) is 0. The molecule has 0 spiro atoms. The van der Waals surface area contributed by atoms with Crippen molar-refractivity contribution in [1.82, 2.24) is 10.2 Å². The molecule has 2 N–H and O–H groups in total. The Kier molecular flexibility index (Phi) is 8.83. The Labute approximate surface area is 155 Å². The number of nitrogens with zero attached hydrogens (tertiary/aromatic N) is 2. The smallest absolute Gasteiger partial charge is 0.194 e. The van der Waals surface area contributed by atoms with Crippen LogP contribution < -0.4 is 5.32 Å². The Hall–Kier alpha value is -0.890. The summed E-state index contributed by atoms with van der Waals surface area (Å²) in [5, 5.41) is 12.5. The summed E-state index contributed by atoms with van der Waals surface area (Å²) in [6, 6.07) is 4.80. The van der Waals surface area contributed by atoms with E-state index in [4.69, 9.17) is 5.11 Å². The Morgan fingerprint density at radius 1 is 1.39 bits per heavy atom. The molecule has 1 aromatic carbocycles.